The maximum Gasteiger partial charge on any atom is 0.406 e. The van der Waals surface area contributed by atoms with Gasteiger partial charge in [0, 0.05) is 25.8 Å². The maximum absolute atomic E-state index is 10.9. The molecule has 1 atom stereocenters. The smallest absolute Gasteiger partial charge is 0.363 e. The van der Waals surface area contributed by atoms with Crippen LogP contribution in [0.5, 0.6) is 0 Å². The summed E-state index contributed by atoms with van der Waals surface area (Å²) < 4.78 is 1.73. The molecule has 0 aliphatic carbocycles. The summed E-state index contributed by atoms with van der Waals surface area (Å²) in [5.41, 5.74) is 0. The van der Waals surface area contributed by atoms with Gasteiger partial charge in [0.1, 0.15) is 0 Å². The third-order valence-electron chi connectivity index (χ3n) is 2.99. The van der Waals surface area contributed by atoms with E-state index in [1.165, 1.54) is 18.6 Å². The van der Waals surface area contributed by atoms with Crippen LogP contribution in [0.25, 0.3) is 0 Å². The van der Waals surface area contributed by atoms with Crippen molar-refractivity contribution in [1.29, 1.82) is 0 Å². The largest absolute Gasteiger partial charge is 0.406 e. The molecule has 0 amide bonds. The van der Waals surface area contributed by atoms with Gasteiger partial charge in [0.05, 0.1) is 0 Å². The minimum Gasteiger partial charge on any atom is -0.363 e. The summed E-state index contributed by atoms with van der Waals surface area (Å²) in [4.78, 5) is 14.4. The summed E-state index contributed by atoms with van der Waals surface area (Å²) >= 11 is 1.93. The highest BCUT2D eigenvalue weighted by Gasteiger charge is 2.24. The number of rotatable bonds is 4. The summed E-state index contributed by atoms with van der Waals surface area (Å²) in [7, 11) is 1.79. The number of hydrogen-bond donors (Lipinski definition) is 1. The Morgan fingerprint density at radius 3 is 3.06 bits per heavy atom. The minimum absolute atomic E-state index is 0.0759. The van der Waals surface area contributed by atoms with E-state index in [0.717, 1.165) is 6.54 Å². The second kappa shape index (κ2) is 4.95. The van der Waals surface area contributed by atoms with E-state index in [1.807, 2.05) is 11.8 Å². The van der Waals surface area contributed by atoms with Crippen LogP contribution in [0.4, 0.5) is 11.6 Å². The van der Waals surface area contributed by atoms with Crippen LogP contribution < -0.4 is 5.32 Å². The lowest BCUT2D eigenvalue weighted by Crippen LogP contribution is -2.16. The fraction of sp³-hybridized carbons (Fsp3) is 0.700. The van der Waals surface area contributed by atoms with E-state index in [2.05, 4.69) is 10.3 Å². The second-order valence-corrected chi connectivity index (χ2v) is 5.57. The number of hydrogen-bond acceptors (Lipinski definition) is 5. The molecule has 0 spiro atoms. The lowest BCUT2D eigenvalue weighted by Gasteiger charge is -2.11. The Bertz CT molecular complexity index is 426. The summed E-state index contributed by atoms with van der Waals surface area (Å²) in [6.07, 6.45) is 2.42. The molecule has 1 saturated heterocycles. The van der Waals surface area contributed by atoms with Crippen molar-refractivity contribution in [3.8, 4) is 0 Å². The normalized spacial score (nSPS) is 19.5. The van der Waals surface area contributed by atoms with Gasteiger partial charge in [-0.2, -0.15) is 11.8 Å². The van der Waals surface area contributed by atoms with Crippen molar-refractivity contribution in [3.05, 3.63) is 15.9 Å². The van der Waals surface area contributed by atoms with Crippen LogP contribution in [-0.2, 0) is 7.05 Å². The van der Waals surface area contributed by atoms with Crippen molar-refractivity contribution in [2.24, 2.45) is 7.05 Å². The molecule has 6 nitrogen and oxygen atoms in total. The number of aryl methyl sites for hydroxylation is 1. The number of anilines is 1. The number of thioether (sulfide) groups is 1. The molecule has 2 heterocycles. The summed E-state index contributed by atoms with van der Waals surface area (Å²) in [5.74, 6) is 2.28. The summed E-state index contributed by atoms with van der Waals surface area (Å²) in [6, 6.07) is 0. The van der Waals surface area contributed by atoms with Crippen molar-refractivity contribution < 1.29 is 4.92 Å². The number of aromatic nitrogens is 2. The topological polar surface area (TPSA) is 73.0 Å². The maximum atomic E-state index is 10.9. The van der Waals surface area contributed by atoms with Crippen LogP contribution in [-0.4, -0.2) is 32.0 Å². The predicted molar refractivity (Wildman–Crippen MR) is 68.6 cm³/mol. The first-order valence-electron chi connectivity index (χ1n) is 5.62. The molecule has 94 valence electrons. The van der Waals surface area contributed by atoms with Crippen molar-refractivity contribution >= 4 is 23.4 Å². The second-order valence-electron chi connectivity index (χ2n) is 4.16. The van der Waals surface area contributed by atoms with E-state index in [1.54, 1.807) is 18.5 Å². The van der Waals surface area contributed by atoms with E-state index >= 15 is 0 Å². The fourth-order valence-electron chi connectivity index (χ4n) is 1.93. The minimum atomic E-state index is -0.433. The number of nitrogens with zero attached hydrogens (tertiary/aromatic N) is 3. The molecule has 1 N–H and O–H groups in total. The number of nitro groups is 1. The zero-order chi connectivity index (χ0) is 12.4. The van der Waals surface area contributed by atoms with Gasteiger partial charge < -0.3 is 15.4 Å². The zero-order valence-corrected chi connectivity index (χ0v) is 10.8. The van der Waals surface area contributed by atoms with E-state index in [4.69, 9.17) is 0 Å². The molecule has 17 heavy (non-hydrogen) atoms. The van der Waals surface area contributed by atoms with Crippen LogP contribution in [0.1, 0.15) is 18.7 Å². The lowest BCUT2D eigenvalue weighted by atomic mass is 10.2. The first-order valence-corrected chi connectivity index (χ1v) is 6.67. The monoisotopic (exact) mass is 256 g/mol. The van der Waals surface area contributed by atoms with Gasteiger partial charge in [-0.3, -0.25) is 4.57 Å². The highest BCUT2D eigenvalue weighted by Crippen LogP contribution is 2.28. The van der Waals surface area contributed by atoms with Gasteiger partial charge in [0.2, 0.25) is 11.6 Å². The average Bonchev–Trinajstić information content (AvgIpc) is 2.87. The molecule has 0 aromatic carbocycles. The third kappa shape index (κ3) is 2.54. The Balaban J connectivity index is 2.10. The van der Waals surface area contributed by atoms with Crippen LogP contribution in [0, 0.1) is 17.0 Å². The van der Waals surface area contributed by atoms with Gasteiger partial charge in [-0.1, -0.05) is 0 Å². The van der Waals surface area contributed by atoms with Gasteiger partial charge in [-0.05, 0) is 28.5 Å². The van der Waals surface area contributed by atoms with Crippen LogP contribution in [0.2, 0.25) is 0 Å². The zero-order valence-electron chi connectivity index (χ0n) is 9.97. The Kier molecular flexibility index (Phi) is 3.56. The molecular weight excluding hydrogens is 240 g/mol. The fourth-order valence-corrected chi connectivity index (χ4v) is 3.13. The van der Waals surface area contributed by atoms with E-state index < -0.39 is 4.92 Å². The Hall–Kier alpha value is -1.24. The molecule has 0 radical (unpaired) electrons. The van der Waals surface area contributed by atoms with Gasteiger partial charge in [-0.15, -0.1) is 0 Å². The number of nitrogens with one attached hydrogen (secondary N) is 1. The van der Waals surface area contributed by atoms with E-state index in [9.17, 15) is 10.1 Å². The molecule has 1 fully saturated rings. The predicted octanol–water partition coefficient (Wildman–Crippen LogP) is 1.94. The van der Waals surface area contributed by atoms with Gasteiger partial charge >= 0.3 is 5.82 Å². The molecular formula is C10H16N4O2S. The van der Waals surface area contributed by atoms with Crippen molar-refractivity contribution in [1.82, 2.24) is 9.55 Å². The van der Waals surface area contributed by atoms with Crippen molar-refractivity contribution in [2.45, 2.75) is 25.0 Å². The summed E-state index contributed by atoms with van der Waals surface area (Å²) in [6.45, 7) is 2.53. The van der Waals surface area contributed by atoms with Crippen molar-refractivity contribution in [2.75, 3.05) is 17.6 Å². The first-order chi connectivity index (χ1) is 8.09. The first kappa shape index (κ1) is 12.2. The standard InChI is InChI=1S/C10H16N4O2S/c1-7-12-10(14(15)16)9(13(7)2)11-6-8-4-3-5-17-8/h8,11H,3-6H2,1-2H3. The quantitative estimate of drug-likeness (QED) is 0.658. The number of imidazole rings is 1. The SMILES string of the molecule is Cc1nc([N+](=O)[O-])c(NCC2CCCS2)n1C. The van der Waals surface area contributed by atoms with Crippen LogP contribution >= 0.6 is 11.8 Å². The van der Waals surface area contributed by atoms with Crippen molar-refractivity contribution in [3.63, 3.8) is 0 Å². The molecule has 0 bridgehead atoms. The molecule has 0 saturated carbocycles. The van der Waals surface area contributed by atoms with Crippen LogP contribution in [0.15, 0.2) is 0 Å². The molecule has 1 unspecified atom stereocenters. The molecule has 1 aliphatic heterocycles. The Morgan fingerprint density at radius 1 is 1.71 bits per heavy atom. The summed E-state index contributed by atoms with van der Waals surface area (Å²) in [5, 5.41) is 14.6. The third-order valence-corrected chi connectivity index (χ3v) is 4.39. The van der Waals surface area contributed by atoms with Crippen LogP contribution in [0.3, 0.4) is 0 Å². The van der Waals surface area contributed by atoms with Gasteiger partial charge in [0.15, 0.2) is 0 Å². The van der Waals surface area contributed by atoms with Gasteiger partial charge in [-0.25, -0.2) is 0 Å². The molecule has 2 rings (SSSR count). The average molecular weight is 256 g/mol. The van der Waals surface area contributed by atoms with Gasteiger partial charge in [0.25, 0.3) is 0 Å². The molecule has 1 aromatic heterocycles. The van der Waals surface area contributed by atoms with E-state index in [-0.39, 0.29) is 5.82 Å². The molecule has 1 aliphatic rings. The van der Waals surface area contributed by atoms with E-state index in [0.29, 0.717) is 16.9 Å². The Labute approximate surface area is 104 Å². The highest BCUT2D eigenvalue weighted by atomic mass is 32.2. The lowest BCUT2D eigenvalue weighted by molar-refractivity contribution is -0.388. The molecule has 1 aromatic rings. The Morgan fingerprint density at radius 2 is 2.47 bits per heavy atom. The molecule has 7 heteroatoms. The highest BCUT2D eigenvalue weighted by molar-refractivity contribution is 8.00.